The second kappa shape index (κ2) is 7.00. The van der Waals surface area contributed by atoms with Crippen LogP contribution in [0.2, 0.25) is 0 Å². The molecule has 0 aliphatic carbocycles. The van der Waals surface area contributed by atoms with Gasteiger partial charge in [0.25, 0.3) is 0 Å². The lowest BCUT2D eigenvalue weighted by atomic mass is 10.1. The summed E-state index contributed by atoms with van der Waals surface area (Å²) in [5.41, 5.74) is 0.167. The molecule has 0 bridgehead atoms. The van der Waals surface area contributed by atoms with E-state index >= 15 is 0 Å². The SMILES string of the molecule is CCCNC(C)(C#N)COc1ccc(CO)cc1. The number of ether oxygens (including phenoxy) is 1. The molecule has 0 aromatic heterocycles. The Kier molecular flexibility index (Phi) is 5.63. The number of hydrogen-bond donors (Lipinski definition) is 2. The van der Waals surface area contributed by atoms with Gasteiger partial charge in [-0.15, -0.1) is 0 Å². The Hall–Kier alpha value is -1.57. The molecule has 0 heterocycles. The number of nitriles is 1. The maximum Gasteiger partial charge on any atom is 0.138 e. The molecule has 1 unspecified atom stereocenters. The zero-order valence-corrected chi connectivity index (χ0v) is 10.9. The third-order valence-electron chi connectivity index (χ3n) is 2.65. The summed E-state index contributed by atoms with van der Waals surface area (Å²) in [6, 6.07) is 9.43. The third-order valence-corrected chi connectivity index (χ3v) is 2.65. The molecule has 0 saturated heterocycles. The summed E-state index contributed by atoms with van der Waals surface area (Å²) in [6.07, 6.45) is 0.975. The lowest BCUT2D eigenvalue weighted by Crippen LogP contribution is -2.46. The topological polar surface area (TPSA) is 65.3 Å². The molecule has 0 radical (unpaired) electrons. The minimum atomic E-state index is -0.675. The van der Waals surface area contributed by atoms with E-state index in [9.17, 15) is 0 Å². The first-order valence-electron chi connectivity index (χ1n) is 6.12. The van der Waals surface area contributed by atoms with Crippen LogP contribution in [0.25, 0.3) is 0 Å². The van der Waals surface area contributed by atoms with Crippen molar-refractivity contribution >= 4 is 0 Å². The van der Waals surface area contributed by atoms with E-state index < -0.39 is 5.54 Å². The Morgan fingerprint density at radius 3 is 2.56 bits per heavy atom. The van der Waals surface area contributed by atoms with Gasteiger partial charge in [0.05, 0.1) is 12.7 Å². The smallest absolute Gasteiger partial charge is 0.138 e. The van der Waals surface area contributed by atoms with Crippen LogP contribution in [-0.4, -0.2) is 23.8 Å². The van der Waals surface area contributed by atoms with E-state index in [0.29, 0.717) is 12.4 Å². The number of aliphatic hydroxyl groups is 1. The van der Waals surface area contributed by atoms with Crippen molar-refractivity contribution < 1.29 is 9.84 Å². The monoisotopic (exact) mass is 248 g/mol. The molecular formula is C14H20N2O2. The van der Waals surface area contributed by atoms with Gasteiger partial charge in [-0.25, -0.2) is 0 Å². The van der Waals surface area contributed by atoms with Gasteiger partial charge >= 0.3 is 0 Å². The Morgan fingerprint density at radius 1 is 1.39 bits per heavy atom. The van der Waals surface area contributed by atoms with Gasteiger partial charge in [0.15, 0.2) is 0 Å². The van der Waals surface area contributed by atoms with Gasteiger partial charge in [-0.05, 0) is 37.6 Å². The van der Waals surface area contributed by atoms with Gasteiger partial charge in [-0.3, -0.25) is 5.32 Å². The first-order valence-corrected chi connectivity index (χ1v) is 6.12. The van der Waals surface area contributed by atoms with Crippen molar-refractivity contribution in [2.75, 3.05) is 13.2 Å². The van der Waals surface area contributed by atoms with Crippen molar-refractivity contribution in [2.45, 2.75) is 32.4 Å². The number of benzene rings is 1. The summed E-state index contributed by atoms with van der Waals surface area (Å²) in [5, 5.41) is 21.2. The maximum absolute atomic E-state index is 9.15. The van der Waals surface area contributed by atoms with Crippen LogP contribution in [0.3, 0.4) is 0 Å². The fourth-order valence-electron chi connectivity index (χ4n) is 1.44. The highest BCUT2D eigenvalue weighted by molar-refractivity contribution is 5.27. The highest BCUT2D eigenvalue weighted by atomic mass is 16.5. The molecule has 0 aliphatic heterocycles. The van der Waals surface area contributed by atoms with Crippen molar-refractivity contribution in [1.29, 1.82) is 5.26 Å². The van der Waals surface area contributed by atoms with Crippen molar-refractivity contribution in [3.05, 3.63) is 29.8 Å². The minimum absolute atomic E-state index is 0.0221. The number of nitrogens with one attached hydrogen (secondary N) is 1. The van der Waals surface area contributed by atoms with Gasteiger partial charge in [0.1, 0.15) is 17.9 Å². The van der Waals surface area contributed by atoms with Crippen LogP contribution in [-0.2, 0) is 6.61 Å². The molecule has 1 rings (SSSR count). The number of aliphatic hydroxyl groups excluding tert-OH is 1. The van der Waals surface area contributed by atoms with E-state index in [4.69, 9.17) is 15.1 Å². The molecule has 2 N–H and O–H groups in total. The molecule has 1 aromatic rings. The normalized spacial score (nSPS) is 13.7. The lowest BCUT2D eigenvalue weighted by Gasteiger charge is -2.23. The second-order valence-corrected chi connectivity index (χ2v) is 4.46. The number of rotatable bonds is 7. The van der Waals surface area contributed by atoms with Crippen LogP contribution < -0.4 is 10.1 Å². The first kappa shape index (κ1) is 14.5. The van der Waals surface area contributed by atoms with E-state index in [1.807, 2.05) is 6.92 Å². The van der Waals surface area contributed by atoms with Gasteiger partial charge in [0.2, 0.25) is 0 Å². The molecular weight excluding hydrogens is 228 g/mol. The first-order chi connectivity index (χ1) is 8.63. The molecule has 0 fully saturated rings. The van der Waals surface area contributed by atoms with E-state index in [1.165, 1.54) is 0 Å². The van der Waals surface area contributed by atoms with Gasteiger partial charge in [0, 0.05) is 0 Å². The molecule has 0 saturated carbocycles. The molecule has 1 aromatic carbocycles. The summed E-state index contributed by atoms with van der Waals surface area (Å²) in [4.78, 5) is 0. The third kappa shape index (κ3) is 4.36. The Morgan fingerprint density at radius 2 is 2.06 bits per heavy atom. The van der Waals surface area contributed by atoms with Crippen LogP contribution in [0, 0.1) is 11.3 Å². The fourth-order valence-corrected chi connectivity index (χ4v) is 1.44. The second-order valence-electron chi connectivity index (χ2n) is 4.46. The molecule has 0 aliphatic rings. The molecule has 4 heteroatoms. The van der Waals surface area contributed by atoms with E-state index in [0.717, 1.165) is 18.5 Å². The van der Waals surface area contributed by atoms with Crippen LogP contribution in [0.15, 0.2) is 24.3 Å². The summed E-state index contributed by atoms with van der Waals surface area (Å²) >= 11 is 0. The zero-order chi connectivity index (χ0) is 13.4. The van der Waals surface area contributed by atoms with Gasteiger partial charge < -0.3 is 9.84 Å². The van der Waals surface area contributed by atoms with E-state index in [1.54, 1.807) is 24.3 Å². The van der Waals surface area contributed by atoms with Crippen molar-refractivity contribution in [3.63, 3.8) is 0 Å². The average Bonchev–Trinajstić information content (AvgIpc) is 2.43. The molecule has 4 nitrogen and oxygen atoms in total. The summed E-state index contributed by atoms with van der Waals surface area (Å²) in [6.45, 7) is 4.98. The largest absolute Gasteiger partial charge is 0.491 e. The molecule has 0 spiro atoms. The highest BCUT2D eigenvalue weighted by Gasteiger charge is 2.23. The quantitative estimate of drug-likeness (QED) is 0.772. The summed E-state index contributed by atoms with van der Waals surface area (Å²) in [5.74, 6) is 0.701. The maximum atomic E-state index is 9.15. The van der Waals surface area contributed by atoms with Crippen molar-refractivity contribution in [3.8, 4) is 11.8 Å². The lowest BCUT2D eigenvalue weighted by molar-refractivity contribution is 0.234. The standard InChI is InChI=1S/C14H20N2O2/c1-3-8-16-14(2,10-15)11-18-13-6-4-12(9-17)5-7-13/h4-7,16-17H,3,8-9,11H2,1-2H3. The summed E-state index contributed by atoms with van der Waals surface area (Å²) < 4.78 is 5.59. The Labute approximate surface area is 108 Å². The van der Waals surface area contributed by atoms with E-state index in [2.05, 4.69) is 18.3 Å². The average molecular weight is 248 g/mol. The van der Waals surface area contributed by atoms with E-state index in [-0.39, 0.29) is 6.61 Å². The Balaban J connectivity index is 2.54. The summed E-state index contributed by atoms with van der Waals surface area (Å²) in [7, 11) is 0. The predicted octanol–water partition coefficient (Wildman–Crippen LogP) is 1.84. The van der Waals surface area contributed by atoms with Crippen LogP contribution in [0.1, 0.15) is 25.8 Å². The van der Waals surface area contributed by atoms with Crippen LogP contribution in [0.4, 0.5) is 0 Å². The zero-order valence-electron chi connectivity index (χ0n) is 10.9. The molecule has 1 atom stereocenters. The number of hydrogen-bond acceptors (Lipinski definition) is 4. The van der Waals surface area contributed by atoms with Gasteiger partial charge in [-0.2, -0.15) is 5.26 Å². The van der Waals surface area contributed by atoms with Crippen LogP contribution >= 0.6 is 0 Å². The minimum Gasteiger partial charge on any atom is -0.491 e. The Bertz CT molecular complexity index is 397. The molecule has 18 heavy (non-hydrogen) atoms. The van der Waals surface area contributed by atoms with Crippen molar-refractivity contribution in [1.82, 2.24) is 5.32 Å². The number of nitrogens with zero attached hydrogens (tertiary/aromatic N) is 1. The molecule has 98 valence electrons. The van der Waals surface area contributed by atoms with Crippen LogP contribution in [0.5, 0.6) is 5.75 Å². The molecule has 0 amide bonds. The fraction of sp³-hybridized carbons (Fsp3) is 0.500. The predicted molar refractivity (Wildman–Crippen MR) is 70.2 cm³/mol. The van der Waals surface area contributed by atoms with Crippen molar-refractivity contribution in [2.24, 2.45) is 0 Å². The highest BCUT2D eigenvalue weighted by Crippen LogP contribution is 2.14. The van der Waals surface area contributed by atoms with Gasteiger partial charge in [-0.1, -0.05) is 19.1 Å².